The van der Waals surface area contributed by atoms with Crippen molar-refractivity contribution in [2.45, 2.75) is 393 Å². The molecule has 1 atom stereocenters. The van der Waals surface area contributed by atoms with Gasteiger partial charge in [0.25, 0.3) is 0 Å². The normalized spacial score (nSPS) is 11.8. The summed E-state index contributed by atoms with van der Waals surface area (Å²) >= 11 is 3.50. The third-order valence-corrected chi connectivity index (χ3v) is 20.1. The average Bonchev–Trinajstić information content (AvgIpc) is 1.67. The fourth-order valence-corrected chi connectivity index (χ4v) is 11.7. The van der Waals surface area contributed by atoms with Crippen LogP contribution in [0.3, 0.4) is 0 Å². The van der Waals surface area contributed by atoms with Crippen molar-refractivity contribution in [3.63, 3.8) is 0 Å². The second-order valence-corrected chi connectivity index (χ2v) is 42.6. The van der Waals surface area contributed by atoms with E-state index in [1.807, 2.05) is 211 Å². The van der Waals surface area contributed by atoms with Gasteiger partial charge in [-0.15, -0.1) is 11.3 Å². The first kappa shape index (κ1) is 141. The first-order chi connectivity index (χ1) is 62.9. The Bertz CT molecular complexity index is 3940. The first-order valence-corrected chi connectivity index (χ1v) is 52.8. The molecule has 11 aromatic rings. The molecule has 0 N–H and O–H groups in total. The average molecular weight is 1880 g/mol. The summed E-state index contributed by atoms with van der Waals surface area (Å²) in [5.41, 5.74) is 14.2. The molecule has 2 aliphatic heterocycles. The fraction of sp³-hybridized carbons (Fsp3) is 0.523. The number of benzene rings is 9. The summed E-state index contributed by atoms with van der Waals surface area (Å²) < 4.78 is 17.0. The van der Waals surface area contributed by atoms with E-state index in [-0.39, 0.29) is 17.0 Å². The molecule has 1 aliphatic carbocycles. The van der Waals surface area contributed by atoms with E-state index in [1.54, 1.807) is 54.9 Å². The summed E-state index contributed by atoms with van der Waals surface area (Å²) in [6.45, 7) is 96.3. The van der Waals surface area contributed by atoms with E-state index in [9.17, 15) is 4.79 Å². The number of Topliss-reactive ketones (excluding diaryl/α,β-unsaturated/α-hetero) is 1. The number of methoxy groups -OCH3 is 1. The molecule has 1 unspecified atom stereocenters. The molecule has 9 aromatic carbocycles. The van der Waals surface area contributed by atoms with Gasteiger partial charge in [0.15, 0.2) is 5.78 Å². The van der Waals surface area contributed by atoms with E-state index in [2.05, 4.69) is 388 Å². The van der Waals surface area contributed by atoms with Crippen molar-refractivity contribution in [3.8, 4) is 11.5 Å². The Hall–Kier alpha value is -8.13. The van der Waals surface area contributed by atoms with Gasteiger partial charge in [0, 0.05) is 37.3 Å². The molecular formula is C128H210O4S2. The van der Waals surface area contributed by atoms with E-state index < -0.39 is 0 Å². The van der Waals surface area contributed by atoms with Gasteiger partial charge in [-0.05, 0) is 195 Å². The number of para-hydroxylation sites is 2. The van der Waals surface area contributed by atoms with Crippen molar-refractivity contribution in [2.24, 2.45) is 37.9 Å². The lowest BCUT2D eigenvalue weighted by molar-refractivity contribution is 0.101. The standard InChI is InChI=1S/C12H18.2C11H16.2C10H12O.C9H10.C8H8O.C8H6S.C6H6.3C6H14.C5H12.C4H4S.C2H6O.7C2H6/c1-10(12(2,3)4)11-8-6-5-7-9-11;2*1-11(2,3)9-10-7-5-4-6-8-10;2*1-10(2)7-8-5-3-4-6-9(8)11-10;1-2-5-9-7-3-6-8(9)4-1;1-7(9)8-5-3-2-4-6-8;1-2-4-8-7(3-1)5-6-9-8;1-2-4-6-5-3-1;3*1-5-6(2,3)4;1-5(2,3)4;1-2-4-5-3-1;1-3-2;7*1-2/h5-10H,1-4H3;2*4-8H,9H2,1-3H3;2*3-6H,7H2,1-2H3;1-2,4-5H,3,6-7H2;2-6H,1H3;1-6H;1-6H;3*5H2,1-4H3;1-4H3;1-4H;1-2H3;7*1-2H3. The molecule has 134 heavy (non-hydrogen) atoms. The molecule has 0 fully saturated rings. The number of carbonyl (C=O) groups is 1. The van der Waals surface area contributed by atoms with Crippen LogP contribution in [0.2, 0.25) is 0 Å². The fourth-order valence-electron chi connectivity index (χ4n) is 10.4. The second-order valence-electron chi connectivity index (χ2n) is 40.8. The molecule has 6 heteroatoms. The second kappa shape index (κ2) is 84.2. The third kappa shape index (κ3) is 90.3. The highest BCUT2D eigenvalue weighted by atomic mass is 32.1. The highest BCUT2D eigenvalue weighted by molar-refractivity contribution is 7.17. The number of ketones is 1. The van der Waals surface area contributed by atoms with E-state index in [1.165, 1.54) is 76.4 Å². The van der Waals surface area contributed by atoms with Crippen molar-refractivity contribution in [3.05, 3.63) is 334 Å². The molecule has 0 spiro atoms. The Morgan fingerprint density at radius 1 is 0.343 bits per heavy atom. The molecule has 4 heterocycles. The minimum absolute atomic E-state index is 0.00366. The number of fused-ring (bicyclic) bond motifs is 4. The highest BCUT2D eigenvalue weighted by Crippen LogP contribution is 2.37. The Labute approximate surface area is 841 Å². The number of carbonyl (C=O) groups excluding carboxylic acids is 1. The smallest absolute Gasteiger partial charge is 0.159 e. The molecule has 0 radical (unpaired) electrons. The molecule has 4 nitrogen and oxygen atoms in total. The lowest BCUT2D eigenvalue weighted by Gasteiger charge is -2.27. The summed E-state index contributed by atoms with van der Waals surface area (Å²) in [5, 5.41) is 7.55. The van der Waals surface area contributed by atoms with Crippen LogP contribution in [0.25, 0.3) is 10.1 Å². The van der Waals surface area contributed by atoms with Gasteiger partial charge in [-0.3, -0.25) is 4.79 Å². The zero-order chi connectivity index (χ0) is 105. The lowest BCUT2D eigenvalue weighted by atomic mass is 9.78. The van der Waals surface area contributed by atoms with Gasteiger partial charge in [0.05, 0.1) is 0 Å². The SMILES string of the molecule is CC.CC.CC.CC.CC.CC.CC.CC(=O)c1ccccc1.CC(C)(C)C.CC(C)(C)Cc1ccccc1.CC(C)(C)Cc1ccccc1.CC(c1ccccc1)C(C)(C)C.CC1(C)Cc2ccccc2O1.CC1(C)Cc2ccccc2O1.CCC(C)(C)C.CCC(C)(C)C.CCC(C)(C)C.COC.c1ccc2c(c1)CCC2.c1ccc2sccc2c1.c1ccccc1.c1ccsc1. The van der Waals surface area contributed by atoms with Crippen LogP contribution in [-0.4, -0.2) is 31.2 Å². The number of rotatable bonds is 4. The largest absolute Gasteiger partial charge is 0.487 e. The molecule has 14 rings (SSSR count). The third-order valence-electron chi connectivity index (χ3n) is 18.5. The first-order valence-electron chi connectivity index (χ1n) is 50.9. The van der Waals surface area contributed by atoms with Gasteiger partial charge in [-0.25, -0.2) is 0 Å². The minimum atomic E-state index is 0.00366. The molecule has 0 bridgehead atoms. The minimum Gasteiger partial charge on any atom is -0.487 e. The number of hydrogen-bond acceptors (Lipinski definition) is 6. The monoisotopic (exact) mass is 1880 g/mol. The summed E-state index contributed by atoms with van der Waals surface area (Å²) in [6, 6.07) is 93.0. The Morgan fingerprint density at radius 2 is 0.597 bits per heavy atom. The number of thiophene rings is 2. The van der Waals surface area contributed by atoms with Crippen molar-refractivity contribution >= 4 is 38.5 Å². The number of aryl methyl sites for hydroxylation is 2. The van der Waals surface area contributed by atoms with Gasteiger partial charge in [-0.1, -0.05) is 545 Å². The van der Waals surface area contributed by atoms with Gasteiger partial charge in [-0.2, -0.15) is 11.3 Å². The molecule has 2 aromatic heterocycles. The zero-order valence-corrected chi connectivity index (χ0v) is 97.4. The van der Waals surface area contributed by atoms with Crippen molar-refractivity contribution in [1.29, 1.82) is 0 Å². The molecular weight excluding hydrogens is 1670 g/mol. The van der Waals surface area contributed by atoms with Crippen LogP contribution in [0.1, 0.15) is 392 Å². The maximum absolute atomic E-state index is 10.6. The van der Waals surface area contributed by atoms with E-state index >= 15 is 0 Å². The van der Waals surface area contributed by atoms with E-state index in [0.717, 1.165) is 42.7 Å². The van der Waals surface area contributed by atoms with Crippen LogP contribution in [0.4, 0.5) is 0 Å². The van der Waals surface area contributed by atoms with Crippen LogP contribution in [0.15, 0.2) is 289 Å². The van der Waals surface area contributed by atoms with Crippen molar-refractivity contribution < 1.29 is 19.0 Å². The Kier molecular flexibility index (Phi) is 88.7. The van der Waals surface area contributed by atoms with Crippen LogP contribution in [-0.2, 0) is 43.3 Å². The van der Waals surface area contributed by atoms with Gasteiger partial charge >= 0.3 is 0 Å². The predicted molar refractivity (Wildman–Crippen MR) is 617 cm³/mol. The molecule has 0 amide bonds. The predicted octanol–water partition coefficient (Wildman–Crippen LogP) is 42.4. The lowest BCUT2D eigenvalue weighted by Crippen LogP contribution is -2.24. The number of ether oxygens (including phenoxy) is 3. The summed E-state index contributed by atoms with van der Waals surface area (Å²) in [6.07, 6.45) is 12.2. The van der Waals surface area contributed by atoms with Gasteiger partial charge in [0.1, 0.15) is 22.7 Å². The van der Waals surface area contributed by atoms with Crippen LogP contribution in [0, 0.1) is 37.9 Å². The van der Waals surface area contributed by atoms with Crippen LogP contribution in [0.5, 0.6) is 11.5 Å². The van der Waals surface area contributed by atoms with Crippen molar-refractivity contribution in [1.82, 2.24) is 0 Å². The quantitative estimate of drug-likeness (QED) is 0.165. The molecule has 758 valence electrons. The highest BCUT2D eigenvalue weighted by Gasteiger charge is 2.30. The Morgan fingerprint density at radius 3 is 0.843 bits per heavy atom. The van der Waals surface area contributed by atoms with Crippen LogP contribution >= 0.6 is 22.7 Å². The van der Waals surface area contributed by atoms with Crippen molar-refractivity contribution in [2.75, 3.05) is 14.2 Å². The number of hydrogen-bond donors (Lipinski definition) is 0. The topological polar surface area (TPSA) is 44.8 Å². The molecule has 0 saturated carbocycles. The van der Waals surface area contributed by atoms with E-state index in [0.29, 0.717) is 43.8 Å². The summed E-state index contributed by atoms with van der Waals surface area (Å²) in [5.74, 6) is 2.85. The van der Waals surface area contributed by atoms with E-state index in [4.69, 9.17) is 9.47 Å². The van der Waals surface area contributed by atoms with Gasteiger partial charge < -0.3 is 14.2 Å². The van der Waals surface area contributed by atoms with Crippen LogP contribution < -0.4 is 9.47 Å². The summed E-state index contributed by atoms with van der Waals surface area (Å²) in [4.78, 5) is 10.6. The molecule has 0 saturated heterocycles. The maximum Gasteiger partial charge on any atom is 0.159 e. The zero-order valence-electron chi connectivity index (χ0n) is 95.8. The maximum atomic E-state index is 10.6. The summed E-state index contributed by atoms with van der Waals surface area (Å²) in [7, 11) is 3.25. The Balaban J connectivity index is -0.000000211. The van der Waals surface area contributed by atoms with Gasteiger partial charge in [0.2, 0.25) is 0 Å². The molecule has 3 aliphatic rings.